The number of aromatic nitrogens is 2. The number of fused-ring (bicyclic) bond motifs is 6. The molecule has 15 heteroatoms. The number of cyclic esters (lactones) is 1. The Morgan fingerprint density at radius 3 is 2.68 bits per heavy atom. The molecule has 7 aliphatic rings. The first-order valence-corrected chi connectivity index (χ1v) is 25.9. The van der Waals surface area contributed by atoms with Crippen LogP contribution in [0.15, 0.2) is 36.5 Å². The summed E-state index contributed by atoms with van der Waals surface area (Å²) in [5.41, 5.74) is 9.70. The lowest BCUT2D eigenvalue weighted by atomic mass is 9.67. The average Bonchev–Trinajstić information content (AvgIpc) is 3.71. The predicted molar refractivity (Wildman–Crippen MR) is 264 cm³/mol. The third-order valence-corrected chi connectivity index (χ3v) is 17.2. The van der Waals surface area contributed by atoms with Crippen molar-refractivity contribution in [2.75, 3.05) is 53.2 Å². The number of carbonyl (C=O) groups is 3. The molecule has 2 aromatic heterocycles. The summed E-state index contributed by atoms with van der Waals surface area (Å²) in [7, 11) is 1.76. The summed E-state index contributed by atoms with van der Waals surface area (Å²) in [6.45, 7) is 17.6. The molecule has 2 amide bonds. The lowest BCUT2D eigenvalue weighted by Crippen LogP contribution is -2.61. The maximum absolute atomic E-state index is 15.2. The third kappa shape index (κ3) is 8.10. The molecule has 3 aromatic rings. The number of amides is 2. The van der Waals surface area contributed by atoms with Gasteiger partial charge in [-0.2, -0.15) is 0 Å². The van der Waals surface area contributed by atoms with Gasteiger partial charge in [0.25, 0.3) is 0 Å². The highest BCUT2D eigenvalue weighted by Gasteiger charge is 2.69. The van der Waals surface area contributed by atoms with Crippen molar-refractivity contribution in [3.05, 3.63) is 58.9 Å². The molecule has 10 rings (SSSR count). The highest BCUT2D eigenvalue weighted by molar-refractivity contribution is 7.80. The first kappa shape index (κ1) is 47.4. The van der Waals surface area contributed by atoms with Gasteiger partial charge in [-0.1, -0.05) is 51.6 Å². The molecule has 14 nitrogen and oxygen atoms in total. The van der Waals surface area contributed by atoms with E-state index in [1.807, 2.05) is 19.9 Å². The third-order valence-electron chi connectivity index (χ3n) is 16.9. The number of piperidine rings is 1. The highest BCUT2D eigenvalue weighted by Crippen LogP contribution is 2.58. The summed E-state index contributed by atoms with van der Waals surface area (Å²) in [5, 5.41) is 9.52. The van der Waals surface area contributed by atoms with E-state index in [2.05, 4.69) is 83.7 Å². The van der Waals surface area contributed by atoms with Gasteiger partial charge in [0.05, 0.1) is 31.2 Å². The molecule has 68 heavy (non-hydrogen) atoms. The number of allylic oxidation sites excluding steroid dienone is 1. The van der Waals surface area contributed by atoms with E-state index >= 15 is 4.79 Å². The van der Waals surface area contributed by atoms with E-state index in [-0.39, 0.29) is 36.2 Å². The van der Waals surface area contributed by atoms with Gasteiger partial charge in [-0.3, -0.25) is 29.3 Å². The van der Waals surface area contributed by atoms with Gasteiger partial charge in [-0.25, -0.2) is 5.43 Å². The topological polar surface area (TPSA) is 149 Å². The number of hydrogen-bond donors (Lipinski definition) is 3. The number of nitrogens with zero attached hydrogens (tertiary/aromatic N) is 4. The molecule has 2 saturated carbocycles. The van der Waals surface area contributed by atoms with E-state index < -0.39 is 41.1 Å². The second-order valence-electron chi connectivity index (χ2n) is 21.3. The second kappa shape index (κ2) is 18.8. The van der Waals surface area contributed by atoms with Gasteiger partial charge in [0.15, 0.2) is 0 Å². The van der Waals surface area contributed by atoms with Gasteiger partial charge < -0.3 is 34.1 Å². The second-order valence-corrected chi connectivity index (χ2v) is 21.7. The summed E-state index contributed by atoms with van der Waals surface area (Å²) in [5.74, 6) is -0.445. The first-order valence-electron chi connectivity index (χ1n) is 25.5. The fourth-order valence-corrected chi connectivity index (χ4v) is 13.5. The number of methoxy groups -OCH3 is 1. The minimum absolute atomic E-state index is 0.0257. The largest absolute Gasteiger partial charge is 0.464 e. The van der Waals surface area contributed by atoms with Crippen molar-refractivity contribution >= 4 is 51.6 Å². The minimum Gasteiger partial charge on any atom is -0.464 e. The summed E-state index contributed by atoms with van der Waals surface area (Å²) in [6.07, 6.45) is 9.18. The van der Waals surface area contributed by atoms with Crippen LogP contribution in [0.3, 0.4) is 0 Å². The van der Waals surface area contributed by atoms with Gasteiger partial charge >= 0.3 is 5.97 Å². The average molecular weight is 950 g/mol. The van der Waals surface area contributed by atoms with Crippen molar-refractivity contribution in [2.45, 2.75) is 142 Å². The van der Waals surface area contributed by atoms with E-state index in [9.17, 15) is 9.59 Å². The summed E-state index contributed by atoms with van der Waals surface area (Å²) < 4.78 is 27.9. The molecule has 4 bridgehead atoms. The quantitative estimate of drug-likeness (QED) is 0.163. The predicted octanol–water partition coefficient (Wildman–Crippen LogP) is 7.16. The van der Waals surface area contributed by atoms with Crippen LogP contribution in [0.4, 0.5) is 0 Å². The fourth-order valence-electron chi connectivity index (χ4n) is 13.1. The number of benzene rings is 1. The van der Waals surface area contributed by atoms with Crippen molar-refractivity contribution in [2.24, 2.45) is 22.7 Å². The van der Waals surface area contributed by atoms with E-state index in [0.717, 1.165) is 110 Å². The zero-order valence-electron chi connectivity index (χ0n) is 41.0. The number of thiocarbonyl (C=S) groups is 1. The summed E-state index contributed by atoms with van der Waals surface area (Å²) in [4.78, 5) is 51.7. The molecule has 0 radical (unpaired) electrons. The first-order chi connectivity index (χ1) is 32.8. The molecule has 3 unspecified atom stereocenters. The Bertz CT molecular complexity index is 2510. The SMILES string of the molecule is C/C=C1\NC(=S)[C@@H](OCC)C2(CC2NC(=O)[C@H]2CCC[C@@H]2C)C(=O)N2CCC[C@H](N2)C(=O)OCC(C)(C)C2c3c(n(CC)c4ccc1cc34)-c1cc([C@@H]3CCN4CCOC[C@H]4C3)cnc1[C@H]2OC. The Kier molecular flexibility index (Phi) is 13.1. The highest BCUT2D eigenvalue weighted by atomic mass is 32.1. The number of pyridine rings is 1. The maximum atomic E-state index is 15.2. The van der Waals surface area contributed by atoms with Crippen molar-refractivity contribution in [1.29, 1.82) is 0 Å². The van der Waals surface area contributed by atoms with Crippen LogP contribution < -0.4 is 16.1 Å². The van der Waals surface area contributed by atoms with E-state index in [1.54, 1.807) is 12.1 Å². The van der Waals surface area contributed by atoms with Crippen molar-refractivity contribution < 1.29 is 33.3 Å². The zero-order chi connectivity index (χ0) is 47.6. The Morgan fingerprint density at radius 2 is 1.93 bits per heavy atom. The van der Waals surface area contributed by atoms with Gasteiger partial charge in [-0.15, -0.1) is 0 Å². The maximum Gasteiger partial charge on any atom is 0.324 e. The number of hydrazine groups is 1. The number of morpholine rings is 1. The summed E-state index contributed by atoms with van der Waals surface area (Å²) in [6, 6.07) is 8.11. The van der Waals surface area contributed by atoms with Crippen molar-refractivity contribution in [1.82, 2.24) is 35.5 Å². The number of esters is 1. The number of ether oxygens (including phenoxy) is 4. The van der Waals surface area contributed by atoms with E-state index in [1.165, 1.54) is 5.56 Å². The number of aryl methyl sites for hydroxylation is 1. The lowest BCUT2D eigenvalue weighted by Gasteiger charge is -2.43. The number of rotatable bonds is 7. The van der Waals surface area contributed by atoms with Crippen LogP contribution in [0.1, 0.15) is 133 Å². The van der Waals surface area contributed by atoms with Crippen LogP contribution >= 0.6 is 12.2 Å². The monoisotopic (exact) mass is 950 g/mol. The van der Waals surface area contributed by atoms with Gasteiger partial charge in [-0.05, 0) is 119 Å². The molecule has 1 spiro atoms. The van der Waals surface area contributed by atoms with Gasteiger partial charge in [0.2, 0.25) is 11.8 Å². The molecule has 1 aromatic carbocycles. The zero-order valence-corrected chi connectivity index (χ0v) is 41.8. The lowest BCUT2D eigenvalue weighted by molar-refractivity contribution is -0.158. The molecule has 4 aliphatic heterocycles. The van der Waals surface area contributed by atoms with Gasteiger partial charge in [0, 0.05) is 91.0 Å². The van der Waals surface area contributed by atoms with Crippen molar-refractivity contribution in [3.8, 4) is 11.3 Å². The molecule has 366 valence electrons. The van der Waals surface area contributed by atoms with Crippen molar-refractivity contribution in [3.63, 3.8) is 0 Å². The molecule has 10 atom stereocenters. The van der Waals surface area contributed by atoms with Crippen LogP contribution in [-0.4, -0.2) is 120 Å². The van der Waals surface area contributed by atoms with Gasteiger partial charge in [0.1, 0.15) is 28.7 Å². The minimum atomic E-state index is -1.20. The Balaban J connectivity index is 1.09. The Morgan fingerprint density at radius 1 is 1.09 bits per heavy atom. The van der Waals surface area contributed by atoms with E-state index in [0.29, 0.717) is 49.4 Å². The summed E-state index contributed by atoms with van der Waals surface area (Å²) >= 11 is 6.32. The Labute approximate surface area is 406 Å². The molecular formula is C53H71N7O7S. The van der Waals surface area contributed by atoms with Crippen LogP contribution in [0, 0.1) is 22.7 Å². The van der Waals surface area contributed by atoms with Crippen LogP contribution in [0.25, 0.3) is 27.9 Å². The molecule has 3 saturated heterocycles. The van der Waals surface area contributed by atoms with E-state index in [4.69, 9.17) is 36.1 Å². The van der Waals surface area contributed by atoms with Crippen LogP contribution in [0.2, 0.25) is 0 Å². The standard InChI is InChI=1S/C53H71N7O7S/c1-8-38-32-16-17-40-36(24-32)42-43(46(64-7)44-37(45(42)59(40)9-2)25-33(27-54-44)31-18-20-58-21-22-65-28-34(58)23-31)52(5,6)29-67-50(62)39-15-12-19-60(57-39)51(63)53(47(66-10-3)49(68)55-38)26-41(53)56-48(61)35-14-11-13-30(35)4/h8,16-17,24-25,27,30-31,34-35,39,41,43,46-47,57H,9-15,18-23,26,28-29H2,1-7H3,(H,55,68)(H,56,61)/b38-8-/t30-,31+,34+,35-,39-,41?,43?,46-,47+,53?/m0/s1. The molecule has 3 N–H and O–H groups in total. The Hall–Kier alpha value is -4.25. The number of carbonyl (C=O) groups excluding carboxylic acids is 3. The molecule has 5 fully saturated rings. The normalized spacial score (nSPS) is 33.5. The molecular weight excluding hydrogens is 879 g/mol. The van der Waals surface area contributed by atoms with Crippen LogP contribution in [-0.2, 0) is 39.9 Å². The fraction of sp³-hybridized carbons (Fsp3) is 0.642. The molecule has 6 heterocycles. The number of nitrogens with one attached hydrogen (secondary N) is 3. The number of hydrogen-bond acceptors (Lipinski definition) is 11. The van der Waals surface area contributed by atoms with Crippen LogP contribution in [0.5, 0.6) is 0 Å². The smallest absolute Gasteiger partial charge is 0.324 e. The molecule has 3 aliphatic carbocycles.